The number of hydrogen-bond donors (Lipinski definition) is 0. The van der Waals surface area contributed by atoms with Crippen molar-refractivity contribution in [2.24, 2.45) is 0 Å². The van der Waals surface area contributed by atoms with Gasteiger partial charge >= 0.3 is 0 Å². The van der Waals surface area contributed by atoms with Crippen LogP contribution in [-0.4, -0.2) is 27.6 Å². The Bertz CT molecular complexity index is 1120. The number of halogens is 1. The molecule has 0 aliphatic carbocycles. The van der Waals surface area contributed by atoms with Gasteiger partial charge in [0.15, 0.2) is 0 Å². The van der Waals surface area contributed by atoms with Crippen molar-refractivity contribution < 1.29 is 9.18 Å². The van der Waals surface area contributed by atoms with Gasteiger partial charge in [0.2, 0.25) is 0 Å². The van der Waals surface area contributed by atoms with Gasteiger partial charge in [0, 0.05) is 19.2 Å². The molecule has 0 fully saturated rings. The number of hydrogen-bond acceptors (Lipinski definition) is 2. The SMILES string of the molecule is CN(Cc1ccccc1)C(=O)c1cnn(-c2cccc(F)c2)c1-c1ccccc1. The molecule has 0 atom stereocenters. The summed E-state index contributed by atoms with van der Waals surface area (Å²) in [5, 5.41) is 4.42. The van der Waals surface area contributed by atoms with Gasteiger partial charge in [-0.3, -0.25) is 4.79 Å². The highest BCUT2D eigenvalue weighted by Crippen LogP contribution is 2.28. The minimum atomic E-state index is -0.355. The normalized spacial score (nSPS) is 10.7. The van der Waals surface area contributed by atoms with Gasteiger partial charge in [-0.15, -0.1) is 0 Å². The Morgan fingerprint density at radius 3 is 2.34 bits per heavy atom. The van der Waals surface area contributed by atoms with Crippen molar-refractivity contribution in [3.05, 3.63) is 108 Å². The maximum Gasteiger partial charge on any atom is 0.257 e. The summed E-state index contributed by atoms with van der Waals surface area (Å²) in [4.78, 5) is 14.9. The molecule has 4 rings (SSSR count). The molecule has 0 saturated carbocycles. The smallest absolute Gasteiger partial charge is 0.257 e. The fourth-order valence-corrected chi connectivity index (χ4v) is 3.32. The van der Waals surface area contributed by atoms with Gasteiger partial charge < -0.3 is 4.90 Å². The van der Waals surface area contributed by atoms with Crippen molar-refractivity contribution in [1.29, 1.82) is 0 Å². The number of carbonyl (C=O) groups excluding carboxylic acids is 1. The molecule has 0 N–H and O–H groups in total. The first-order valence-corrected chi connectivity index (χ1v) is 9.32. The Balaban J connectivity index is 1.76. The van der Waals surface area contributed by atoms with Crippen LogP contribution in [0.1, 0.15) is 15.9 Å². The molecule has 0 unspecified atom stereocenters. The van der Waals surface area contributed by atoms with Crippen LogP contribution in [0.4, 0.5) is 4.39 Å². The fourth-order valence-electron chi connectivity index (χ4n) is 3.32. The molecule has 1 heterocycles. The zero-order chi connectivity index (χ0) is 20.2. The summed E-state index contributed by atoms with van der Waals surface area (Å²) >= 11 is 0. The second kappa shape index (κ2) is 8.10. The molecule has 0 bridgehead atoms. The number of benzene rings is 3. The molecule has 0 spiro atoms. The van der Waals surface area contributed by atoms with Crippen molar-refractivity contribution in [3.8, 4) is 16.9 Å². The van der Waals surface area contributed by atoms with Crippen LogP contribution in [-0.2, 0) is 6.54 Å². The molecule has 29 heavy (non-hydrogen) atoms. The van der Waals surface area contributed by atoms with E-state index in [2.05, 4.69) is 5.10 Å². The molecule has 0 radical (unpaired) electrons. The predicted octanol–water partition coefficient (Wildman–Crippen LogP) is 4.95. The summed E-state index contributed by atoms with van der Waals surface area (Å²) in [5.41, 5.74) is 3.56. The van der Waals surface area contributed by atoms with E-state index in [0.717, 1.165) is 11.1 Å². The van der Waals surface area contributed by atoms with E-state index >= 15 is 0 Å². The third-order valence-electron chi connectivity index (χ3n) is 4.71. The van der Waals surface area contributed by atoms with Crippen LogP contribution < -0.4 is 0 Å². The van der Waals surface area contributed by atoms with Gasteiger partial charge in [0.1, 0.15) is 5.82 Å². The van der Waals surface area contributed by atoms with Gasteiger partial charge in [0.05, 0.1) is 23.1 Å². The molecule has 4 aromatic rings. The standard InChI is InChI=1S/C24H20FN3O/c1-27(17-18-9-4-2-5-10-18)24(29)22-16-26-28(21-14-8-13-20(25)15-21)23(22)19-11-6-3-7-12-19/h2-16H,17H2,1H3. The largest absolute Gasteiger partial charge is 0.337 e. The van der Waals surface area contributed by atoms with Crippen molar-refractivity contribution in [1.82, 2.24) is 14.7 Å². The van der Waals surface area contributed by atoms with E-state index in [9.17, 15) is 9.18 Å². The molecule has 0 aliphatic rings. The third-order valence-corrected chi connectivity index (χ3v) is 4.71. The van der Waals surface area contributed by atoms with Crippen LogP contribution >= 0.6 is 0 Å². The van der Waals surface area contributed by atoms with E-state index in [4.69, 9.17) is 0 Å². The lowest BCUT2D eigenvalue weighted by molar-refractivity contribution is 0.0786. The Kier molecular flexibility index (Phi) is 5.20. The first-order chi connectivity index (χ1) is 14.1. The minimum Gasteiger partial charge on any atom is -0.337 e. The molecule has 144 valence electrons. The molecular weight excluding hydrogens is 365 g/mol. The Morgan fingerprint density at radius 2 is 1.66 bits per heavy atom. The van der Waals surface area contributed by atoms with E-state index in [0.29, 0.717) is 23.5 Å². The van der Waals surface area contributed by atoms with Gasteiger partial charge in [-0.05, 0) is 23.8 Å². The fraction of sp³-hybridized carbons (Fsp3) is 0.0833. The second-order valence-corrected chi connectivity index (χ2v) is 6.81. The summed E-state index contributed by atoms with van der Waals surface area (Å²) in [5.74, 6) is -0.499. The van der Waals surface area contributed by atoms with Gasteiger partial charge in [-0.2, -0.15) is 5.10 Å². The number of nitrogens with zero attached hydrogens (tertiary/aromatic N) is 3. The minimum absolute atomic E-state index is 0.143. The summed E-state index contributed by atoms with van der Waals surface area (Å²) in [7, 11) is 1.77. The van der Waals surface area contributed by atoms with Crippen LogP contribution in [0.5, 0.6) is 0 Å². The molecule has 0 saturated heterocycles. The van der Waals surface area contributed by atoms with Crippen LogP contribution in [0.2, 0.25) is 0 Å². The highest BCUT2D eigenvalue weighted by atomic mass is 19.1. The number of carbonyl (C=O) groups is 1. The van der Waals surface area contributed by atoms with E-state index in [1.54, 1.807) is 35.0 Å². The van der Waals surface area contributed by atoms with E-state index in [1.807, 2.05) is 60.7 Å². The van der Waals surface area contributed by atoms with E-state index < -0.39 is 0 Å². The molecule has 3 aromatic carbocycles. The molecule has 0 aliphatic heterocycles. The molecular formula is C24H20FN3O. The quantitative estimate of drug-likeness (QED) is 0.487. The van der Waals surface area contributed by atoms with Gasteiger partial charge in [-0.25, -0.2) is 9.07 Å². The predicted molar refractivity (Wildman–Crippen MR) is 111 cm³/mol. The average Bonchev–Trinajstić information content (AvgIpc) is 3.19. The highest BCUT2D eigenvalue weighted by Gasteiger charge is 2.22. The number of rotatable bonds is 5. The Labute approximate surface area is 168 Å². The van der Waals surface area contributed by atoms with Crippen molar-refractivity contribution in [2.75, 3.05) is 7.05 Å². The molecule has 1 aromatic heterocycles. The van der Waals surface area contributed by atoms with Gasteiger partial charge in [-0.1, -0.05) is 66.7 Å². The lowest BCUT2D eigenvalue weighted by Gasteiger charge is -2.18. The maximum atomic E-state index is 13.8. The number of aromatic nitrogens is 2. The second-order valence-electron chi connectivity index (χ2n) is 6.81. The highest BCUT2D eigenvalue weighted by molar-refractivity contribution is 6.00. The Morgan fingerprint density at radius 1 is 0.966 bits per heavy atom. The van der Waals surface area contributed by atoms with Crippen molar-refractivity contribution in [3.63, 3.8) is 0 Å². The third kappa shape index (κ3) is 3.94. The first-order valence-electron chi connectivity index (χ1n) is 9.32. The lowest BCUT2D eigenvalue weighted by Crippen LogP contribution is -2.26. The summed E-state index contributed by atoms with van der Waals surface area (Å²) < 4.78 is 15.4. The van der Waals surface area contributed by atoms with Crippen molar-refractivity contribution in [2.45, 2.75) is 6.54 Å². The summed E-state index contributed by atoms with van der Waals surface area (Å²) in [6, 6.07) is 25.6. The van der Waals surface area contributed by atoms with Crippen LogP contribution in [0, 0.1) is 5.82 Å². The van der Waals surface area contributed by atoms with E-state index in [-0.39, 0.29) is 11.7 Å². The van der Waals surface area contributed by atoms with Crippen molar-refractivity contribution >= 4 is 5.91 Å². The first kappa shape index (κ1) is 18.6. The van der Waals surface area contributed by atoms with Crippen LogP contribution in [0.3, 0.4) is 0 Å². The average molecular weight is 385 g/mol. The zero-order valence-corrected chi connectivity index (χ0v) is 16.0. The topological polar surface area (TPSA) is 38.1 Å². The van der Waals surface area contributed by atoms with Crippen LogP contribution in [0.15, 0.2) is 91.1 Å². The maximum absolute atomic E-state index is 13.8. The molecule has 4 nitrogen and oxygen atoms in total. The zero-order valence-electron chi connectivity index (χ0n) is 16.0. The lowest BCUT2D eigenvalue weighted by atomic mass is 10.1. The summed E-state index contributed by atoms with van der Waals surface area (Å²) in [6.07, 6.45) is 1.55. The van der Waals surface area contributed by atoms with Gasteiger partial charge in [0.25, 0.3) is 5.91 Å². The van der Waals surface area contributed by atoms with E-state index in [1.165, 1.54) is 12.1 Å². The van der Waals surface area contributed by atoms with Crippen LogP contribution in [0.25, 0.3) is 16.9 Å². The number of amides is 1. The molecule has 1 amide bonds. The summed E-state index contributed by atoms with van der Waals surface area (Å²) in [6.45, 7) is 0.485. The monoisotopic (exact) mass is 385 g/mol. The Hall–Kier alpha value is -3.73. The molecule has 5 heteroatoms.